The molecule has 0 amide bonds. The van der Waals surface area contributed by atoms with E-state index >= 15 is 0 Å². The molecule has 0 fully saturated rings. The predicted molar refractivity (Wildman–Crippen MR) is 54.3 cm³/mol. The lowest BCUT2D eigenvalue weighted by Gasteiger charge is -2.21. The predicted octanol–water partition coefficient (Wildman–Crippen LogP) is 3.14. The molecule has 13 heavy (non-hydrogen) atoms. The zero-order valence-electron chi connectivity index (χ0n) is 7.69. The molecule has 3 N–H and O–H groups in total. The lowest BCUT2D eigenvalue weighted by molar-refractivity contribution is 0.375. The molecule has 0 aliphatic heterocycles. The molecule has 0 aromatic heterocycles. The third kappa shape index (κ3) is 2.45. The second-order valence-corrected chi connectivity index (χ2v) is 4.45. The molecule has 0 atom stereocenters. The molecule has 0 bridgehead atoms. The van der Waals surface area contributed by atoms with Gasteiger partial charge in [-0.1, -0.05) is 19.1 Å². The average molecular weight is 202 g/mol. The van der Waals surface area contributed by atoms with Gasteiger partial charge in [0.1, 0.15) is 10.9 Å². The summed E-state index contributed by atoms with van der Waals surface area (Å²) in [4.78, 5) is 0.213. The van der Waals surface area contributed by atoms with Gasteiger partial charge in [-0.05, 0) is 30.5 Å². The minimum atomic E-state index is -3.56. The van der Waals surface area contributed by atoms with Gasteiger partial charge in [0.25, 0.3) is 0 Å². The van der Waals surface area contributed by atoms with Crippen molar-refractivity contribution in [3.05, 3.63) is 29.3 Å². The van der Waals surface area contributed by atoms with Crippen LogP contribution in [0, 0.1) is 6.92 Å². The maximum absolute atomic E-state index is 9.03. The molecule has 1 rings (SSSR count). The quantitative estimate of drug-likeness (QED) is 0.690. The van der Waals surface area contributed by atoms with Crippen LogP contribution in [-0.2, 0) is 6.42 Å². The Morgan fingerprint density at radius 3 is 2.23 bits per heavy atom. The summed E-state index contributed by atoms with van der Waals surface area (Å²) in [6, 6.07) is 5.19. The second-order valence-electron chi connectivity index (χ2n) is 2.97. The van der Waals surface area contributed by atoms with Crippen molar-refractivity contribution >= 4 is 10.9 Å². The van der Waals surface area contributed by atoms with E-state index in [0.717, 1.165) is 12.0 Å². The first-order valence-corrected chi connectivity index (χ1v) is 5.55. The molecule has 0 heterocycles. The molecule has 74 valence electrons. The molecular weight excluding hydrogens is 188 g/mol. The van der Waals surface area contributed by atoms with E-state index < -0.39 is 10.9 Å². The number of rotatable bonds is 2. The van der Waals surface area contributed by atoms with Gasteiger partial charge in [0.15, 0.2) is 0 Å². The van der Waals surface area contributed by atoms with Gasteiger partial charge in [0, 0.05) is 0 Å². The minimum absolute atomic E-state index is 0.213. The van der Waals surface area contributed by atoms with Crippen molar-refractivity contribution in [2.24, 2.45) is 0 Å². The SMILES string of the molecule is CCc1ccc(S(O)(O)O)c(C)c1. The van der Waals surface area contributed by atoms with Gasteiger partial charge < -0.3 is 13.7 Å². The van der Waals surface area contributed by atoms with Crippen molar-refractivity contribution in [1.82, 2.24) is 0 Å². The van der Waals surface area contributed by atoms with Gasteiger partial charge >= 0.3 is 0 Å². The van der Waals surface area contributed by atoms with Crippen molar-refractivity contribution in [3.63, 3.8) is 0 Å². The first kappa shape index (κ1) is 10.5. The van der Waals surface area contributed by atoms with Gasteiger partial charge in [-0.15, -0.1) is 0 Å². The highest BCUT2D eigenvalue weighted by atomic mass is 32.3. The largest absolute Gasteiger partial charge is 0.304 e. The van der Waals surface area contributed by atoms with Crippen LogP contribution in [0.1, 0.15) is 18.1 Å². The van der Waals surface area contributed by atoms with Gasteiger partial charge in [-0.3, -0.25) is 0 Å². The minimum Gasteiger partial charge on any atom is -0.304 e. The van der Waals surface area contributed by atoms with E-state index in [1.165, 1.54) is 0 Å². The van der Waals surface area contributed by atoms with E-state index in [1.54, 1.807) is 19.1 Å². The Hall–Kier alpha value is -0.550. The second kappa shape index (κ2) is 3.67. The zero-order valence-corrected chi connectivity index (χ0v) is 8.51. The van der Waals surface area contributed by atoms with Crippen LogP contribution >= 0.6 is 10.9 Å². The Balaban J connectivity index is 3.13. The Morgan fingerprint density at radius 1 is 1.23 bits per heavy atom. The molecule has 4 heteroatoms. The van der Waals surface area contributed by atoms with E-state index in [-0.39, 0.29) is 4.90 Å². The van der Waals surface area contributed by atoms with Crippen LogP contribution in [0.4, 0.5) is 0 Å². The fourth-order valence-corrected chi connectivity index (χ4v) is 1.98. The maximum Gasteiger partial charge on any atom is 0.113 e. The van der Waals surface area contributed by atoms with Crippen LogP contribution < -0.4 is 0 Å². The van der Waals surface area contributed by atoms with E-state index in [1.807, 2.05) is 13.0 Å². The van der Waals surface area contributed by atoms with Gasteiger partial charge in [0.05, 0.1) is 4.90 Å². The highest BCUT2D eigenvalue weighted by Crippen LogP contribution is 2.45. The van der Waals surface area contributed by atoms with Crippen LogP contribution in [0.25, 0.3) is 0 Å². The number of aryl methyl sites for hydroxylation is 2. The molecule has 3 nitrogen and oxygen atoms in total. The molecule has 0 unspecified atom stereocenters. The smallest absolute Gasteiger partial charge is 0.113 e. The van der Waals surface area contributed by atoms with Crippen molar-refractivity contribution < 1.29 is 13.7 Å². The topological polar surface area (TPSA) is 60.7 Å². The molecular formula is C9H14O3S. The first-order chi connectivity index (χ1) is 5.95. The Bertz CT molecular complexity index is 304. The van der Waals surface area contributed by atoms with Crippen LogP contribution in [0.2, 0.25) is 0 Å². The standard InChI is InChI=1S/C9H14O3S/c1-3-8-4-5-9(7(2)6-8)13(10,11)12/h4-6,10-12H,3H2,1-2H3. The van der Waals surface area contributed by atoms with Crippen molar-refractivity contribution in [1.29, 1.82) is 0 Å². The lowest BCUT2D eigenvalue weighted by Crippen LogP contribution is -1.98. The van der Waals surface area contributed by atoms with Crippen LogP contribution in [0.5, 0.6) is 0 Å². The van der Waals surface area contributed by atoms with Crippen molar-refractivity contribution in [3.8, 4) is 0 Å². The summed E-state index contributed by atoms with van der Waals surface area (Å²) in [6.07, 6.45) is 0.895. The molecule has 0 aliphatic carbocycles. The summed E-state index contributed by atoms with van der Waals surface area (Å²) in [6.45, 7) is 3.77. The fourth-order valence-electron chi connectivity index (χ4n) is 1.24. The van der Waals surface area contributed by atoms with Crippen LogP contribution in [0.15, 0.2) is 23.1 Å². The number of hydrogen-bond donors (Lipinski definition) is 3. The highest BCUT2D eigenvalue weighted by molar-refractivity contribution is 8.19. The molecule has 1 aromatic carbocycles. The van der Waals surface area contributed by atoms with Crippen LogP contribution in [0.3, 0.4) is 0 Å². The summed E-state index contributed by atoms with van der Waals surface area (Å²) in [5, 5.41) is 0. The summed E-state index contributed by atoms with van der Waals surface area (Å²) in [5.74, 6) is 0. The Kier molecular flexibility index (Phi) is 2.98. The molecule has 0 aliphatic rings. The zero-order chi connectivity index (χ0) is 10.1. The highest BCUT2D eigenvalue weighted by Gasteiger charge is 2.17. The fraction of sp³-hybridized carbons (Fsp3) is 0.333. The number of hydrogen-bond acceptors (Lipinski definition) is 3. The van der Waals surface area contributed by atoms with Crippen molar-refractivity contribution in [2.45, 2.75) is 25.2 Å². The molecule has 0 spiro atoms. The Morgan fingerprint density at radius 2 is 1.85 bits per heavy atom. The normalized spacial score (nSPS) is 13.0. The van der Waals surface area contributed by atoms with E-state index in [4.69, 9.17) is 13.7 Å². The molecule has 1 aromatic rings. The third-order valence-electron chi connectivity index (χ3n) is 1.94. The van der Waals surface area contributed by atoms with Crippen molar-refractivity contribution in [2.75, 3.05) is 0 Å². The van der Waals surface area contributed by atoms with E-state index in [2.05, 4.69) is 0 Å². The first-order valence-electron chi connectivity index (χ1n) is 4.05. The van der Waals surface area contributed by atoms with Gasteiger partial charge in [0.2, 0.25) is 0 Å². The summed E-state index contributed by atoms with van der Waals surface area (Å²) >= 11 is 0. The lowest BCUT2D eigenvalue weighted by atomic mass is 10.1. The van der Waals surface area contributed by atoms with Crippen LogP contribution in [-0.4, -0.2) is 13.7 Å². The molecule has 0 radical (unpaired) electrons. The summed E-state index contributed by atoms with van der Waals surface area (Å²) < 4.78 is 27.1. The maximum atomic E-state index is 9.03. The number of benzene rings is 1. The Labute approximate surface area is 79.6 Å². The average Bonchev–Trinajstić information content (AvgIpc) is 2.01. The van der Waals surface area contributed by atoms with E-state index in [0.29, 0.717) is 5.56 Å². The molecule has 0 saturated carbocycles. The summed E-state index contributed by atoms with van der Waals surface area (Å²) in [7, 11) is -3.56. The van der Waals surface area contributed by atoms with Gasteiger partial charge in [-0.2, -0.15) is 0 Å². The summed E-state index contributed by atoms with van der Waals surface area (Å²) in [5.41, 5.74) is 1.83. The van der Waals surface area contributed by atoms with Gasteiger partial charge in [-0.25, -0.2) is 0 Å². The van der Waals surface area contributed by atoms with E-state index in [9.17, 15) is 0 Å². The third-order valence-corrected chi connectivity index (χ3v) is 2.99. The molecule has 0 saturated heterocycles. The monoisotopic (exact) mass is 202 g/mol.